The molecule has 1 saturated carbocycles. The van der Waals surface area contributed by atoms with E-state index >= 15 is 0 Å². The fourth-order valence-electron chi connectivity index (χ4n) is 5.04. The zero-order valence-electron chi connectivity index (χ0n) is 14.7. The average Bonchev–Trinajstić information content (AvgIpc) is 3.11. The van der Waals surface area contributed by atoms with Crippen LogP contribution in [0.3, 0.4) is 0 Å². The first-order valence-corrected chi connectivity index (χ1v) is 9.68. The van der Waals surface area contributed by atoms with E-state index in [2.05, 4.69) is 15.1 Å². The molecule has 1 aromatic rings. The lowest BCUT2D eigenvalue weighted by atomic mass is 9.91. The molecule has 7 heteroatoms. The molecular weight excluding hydrogens is 340 g/mol. The number of likely N-dealkylation sites (tertiary alicyclic amines) is 1. The molecule has 1 aromatic heterocycles. The molecule has 4 unspecified atom stereocenters. The Morgan fingerprint density at radius 2 is 2.12 bits per heavy atom. The Morgan fingerprint density at radius 3 is 2.88 bits per heavy atom. The average molecular weight is 367 g/mol. The second kappa shape index (κ2) is 7.35. The van der Waals surface area contributed by atoms with Gasteiger partial charge in [-0.1, -0.05) is 11.6 Å². The van der Waals surface area contributed by atoms with Gasteiger partial charge in [-0.2, -0.15) is 0 Å². The van der Waals surface area contributed by atoms with Crippen LogP contribution in [0.5, 0.6) is 5.75 Å². The lowest BCUT2D eigenvalue weighted by molar-refractivity contribution is 0.0478. The fraction of sp³-hybridized carbons (Fsp3) is 0.778. The summed E-state index contributed by atoms with van der Waals surface area (Å²) in [6.45, 7) is 3.94. The highest BCUT2D eigenvalue weighted by Gasteiger charge is 2.49. The molecule has 0 aromatic carbocycles. The van der Waals surface area contributed by atoms with Crippen molar-refractivity contribution in [2.75, 3.05) is 33.4 Å². The third-order valence-electron chi connectivity index (χ3n) is 6.14. The van der Waals surface area contributed by atoms with Crippen molar-refractivity contribution in [3.05, 3.63) is 16.9 Å². The Hall–Kier alpha value is -0.950. The molecule has 25 heavy (non-hydrogen) atoms. The zero-order chi connectivity index (χ0) is 17.4. The molecule has 0 bridgehead atoms. The number of hydrogen-bond acceptors (Lipinski definition) is 6. The van der Waals surface area contributed by atoms with E-state index < -0.39 is 0 Å². The van der Waals surface area contributed by atoms with Gasteiger partial charge in [0.25, 0.3) is 0 Å². The maximum atomic E-state index is 6.27. The molecule has 2 N–H and O–H groups in total. The third kappa shape index (κ3) is 3.50. The predicted molar refractivity (Wildman–Crippen MR) is 95.6 cm³/mol. The van der Waals surface area contributed by atoms with Crippen LogP contribution >= 0.6 is 11.6 Å². The fourth-order valence-corrected chi connectivity index (χ4v) is 5.18. The van der Waals surface area contributed by atoms with Crippen LogP contribution in [-0.4, -0.2) is 54.6 Å². The van der Waals surface area contributed by atoms with Crippen molar-refractivity contribution in [1.29, 1.82) is 0 Å². The Kier molecular flexibility index (Phi) is 5.13. The first-order valence-electron chi connectivity index (χ1n) is 9.30. The number of hydrogen-bond donors (Lipinski definition) is 1. The number of methoxy groups -OCH3 is 1. The van der Waals surface area contributed by atoms with Crippen molar-refractivity contribution in [2.45, 2.75) is 37.8 Å². The van der Waals surface area contributed by atoms with Crippen LogP contribution in [0.15, 0.2) is 6.07 Å². The number of halogens is 1. The van der Waals surface area contributed by atoms with Gasteiger partial charge in [0.15, 0.2) is 5.15 Å². The Balaban J connectivity index is 1.62. The van der Waals surface area contributed by atoms with E-state index in [9.17, 15) is 0 Å². The first-order chi connectivity index (χ1) is 12.2. The monoisotopic (exact) mass is 366 g/mol. The standard InChI is InChI=1S/C18H27ClN4O2/c1-24-15-8-16(19)21-22-17(15)18-14-7-13(20)6-12(14)10-23(18)9-11-2-4-25-5-3-11/h8,11-14,18H,2-7,9-10,20H2,1H3. The largest absolute Gasteiger partial charge is 0.495 e. The van der Waals surface area contributed by atoms with Crippen molar-refractivity contribution in [2.24, 2.45) is 23.5 Å². The number of ether oxygens (including phenoxy) is 2. The van der Waals surface area contributed by atoms with Gasteiger partial charge < -0.3 is 15.2 Å². The summed E-state index contributed by atoms with van der Waals surface area (Å²) in [7, 11) is 1.67. The normalized spacial score (nSPS) is 33.6. The molecule has 138 valence electrons. The van der Waals surface area contributed by atoms with Gasteiger partial charge in [-0.3, -0.25) is 4.90 Å². The predicted octanol–water partition coefficient (Wildman–Crippen LogP) is 2.28. The van der Waals surface area contributed by atoms with Gasteiger partial charge in [0.2, 0.25) is 0 Å². The molecule has 0 radical (unpaired) electrons. The summed E-state index contributed by atoms with van der Waals surface area (Å²) in [5, 5.41) is 8.92. The number of fused-ring (bicyclic) bond motifs is 1. The van der Waals surface area contributed by atoms with Crippen LogP contribution in [-0.2, 0) is 4.74 Å². The molecule has 3 aliphatic rings. The number of aromatic nitrogens is 2. The highest BCUT2D eigenvalue weighted by atomic mass is 35.5. The van der Waals surface area contributed by atoms with E-state index in [1.807, 2.05) is 0 Å². The highest BCUT2D eigenvalue weighted by molar-refractivity contribution is 6.29. The number of rotatable bonds is 4. The van der Waals surface area contributed by atoms with E-state index in [0.29, 0.717) is 28.9 Å². The highest BCUT2D eigenvalue weighted by Crippen LogP contribution is 2.50. The van der Waals surface area contributed by atoms with E-state index in [1.54, 1.807) is 13.2 Å². The van der Waals surface area contributed by atoms with Crippen molar-refractivity contribution in [3.63, 3.8) is 0 Å². The Labute approximate surface area is 154 Å². The van der Waals surface area contributed by atoms with Crippen LogP contribution < -0.4 is 10.5 Å². The lowest BCUT2D eigenvalue weighted by Crippen LogP contribution is -2.35. The minimum atomic E-state index is 0.223. The molecule has 4 rings (SSSR count). The summed E-state index contributed by atoms with van der Waals surface area (Å²) in [5.41, 5.74) is 7.18. The maximum absolute atomic E-state index is 6.27. The summed E-state index contributed by atoms with van der Waals surface area (Å²) < 4.78 is 11.1. The second-order valence-electron chi connectivity index (χ2n) is 7.73. The van der Waals surface area contributed by atoms with Gasteiger partial charge in [0.1, 0.15) is 11.4 Å². The van der Waals surface area contributed by atoms with Gasteiger partial charge in [0, 0.05) is 38.4 Å². The molecular formula is C18H27ClN4O2. The van der Waals surface area contributed by atoms with E-state index in [-0.39, 0.29) is 6.04 Å². The summed E-state index contributed by atoms with van der Waals surface area (Å²) in [6.07, 6.45) is 4.44. The molecule has 2 aliphatic heterocycles. The molecule has 0 spiro atoms. The Bertz CT molecular complexity index is 611. The smallest absolute Gasteiger partial charge is 0.155 e. The van der Waals surface area contributed by atoms with Crippen LogP contribution in [0.1, 0.15) is 37.4 Å². The number of nitrogens with zero attached hydrogens (tertiary/aromatic N) is 3. The minimum absolute atomic E-state index is 0.223. The van der Waals surface area contributed by atoms with Crippen LogP contribution in [0.4, 0.5) is 0 Å². The molecule has 3 heterocycles. The number of nitrogens with two attached hydrogens (primary N) is 1. The second-order valence-corrected chi connectivity index (χ2v) is 8.12. The van der Waals surface area contributed by atoms with Crippen LogP contribution in [0.2, 0.25) is 5.15 Å². The van der Waals surface area contributed by atoms with Crippen LogP contribution in [0.25, 0.3) is 0 Å². The summed E-state index contributed by atoms with van der Waals surface area (Å²) >= 11 is 6.03. The summed E-state index contributed by atoms with van der Waals surface area (Å²) in [4.78, 5) is 2.59. The van der Waals surface area contributed by atoms with Gasteiger partial charge in [0.05, 0.1) is 13.2 Å². The maximum Gasteiger partial charge on any atom is 0.155 e. The van der Waals surface area contributed by atoms with Crippen molar-refractivity contribution in [3.8, 4) is 5.75 Å². The summed E-state index contributed by atoms with van der Waals surface area (Å²) in [6, 6.07) is 2.30. The molecule has 0 amide bonds. The van der Waals surface area contributed by atoms with E-state index in [1.165, 1.54) is 0 Å². The SMILES string of the molecule is COc1cc(Cl)nnc1C1C2CC(N)CC2CN1CC1CCOCC1. The van der Waals surface area contributed by atoms with Crippen molar-refractivity contribution < 1.29 is 9.47 Å². The molecule has 4 atom stereocenters. The summed E-state index contributed by atoms with van der Waals surface area (Å²) in [5.74, 6) is 2.60. The molecule has 6 nitrogen and oxygen atoms in total. The zero-order valence-corrected chi connectivity index (χ0v) is 15.5. The van der Waals surface area contributed by atoms with Crippen LogP contribution in [0, 0.1) is 17.8 Å². The lowest BCUT2D eigenvalue weighted by Gasteiger charge is -2.33. The topological polar surface area (TPSA) is 73.5 Å². The molecule has 2 saturated heterocycles. The van der Waals surface area contributed by atoms with Crippen molar-refractivity contribution in [1.82, 2.24) is 15.1 Å². The quantitative estimate of drug-likeness (QED) is 0.881. The molecule has 1 aliphatic carbocycles. The van der Waals surface area contributed by atoms with Gasteiger partial charge in [-0.05, 0) is 43.4 Å². The first kappa shape index (κ1) is 17.5. The van der Waals surface area contributed by atoms with E-state index in [0.717, 1.165) is 63.4 Å². The minimum Gasteiger partial charge on any atom is -0.495 e. The molecule has 3 fully saturated rings. The van der Waals surface area contributed by atoms with E-state index in [4.69, 9.17) is 26.8 Å². The van der Waals surface area contributed by atoms with Gasteiger partial charge in [-0.15, -0.1) is 10.2 Å². The Morgan fingerprint density at radius 1 is 1.32 bits per heavy atom. The van der Waals surface area contributed by atoms with Crippen molar-refractivity contribution >= 4 is 11.6 Å². The van der Waals surface area contributed by atoms with Gasteiger partial charge >= 0.3 is 0 Å². The third-order valence-corrected chi connectivity index (χ3v) is 6.33. The van der Waals surface area contributed by atoms with Gasteiger partial charge in [-0.25, -0.2) is 0 Å².